The molecule has 148 valence electrons. The number of nitrogens with zero attached hydrogens (tertiary/aromatic N) is 2. The van der Waals surface area contributed by atoms with Crippen molar-refractivity contribution >= 4 is 11.8 Å². The fourth-order valence-electron chi connectivity index (χ4n) is 4.47. The Morgan fingerprint density at radius 2 is 1.50 bits per heavy atom. The maximum absolute atomic E-state index is 13.7. The number of carbonyl (C=O) groups excluding carboxylic acids is 2. The maximum Gasteiger partial charge on any atom is 0.256 e. The first-order chi connectivity index (χ1) is 13.1. The Morgan fingerprint density at radius 3 is 2.00 bits per heavy atom. The second-order valence-corrected chi connectivity index (χ2v) is 8.98. The Hall–Kier alpha value is -2.62. The van der Waals surface area contributed by atoms with Gasteiger partial charge in [-0.05, 0) is 24.6 Å². The first kappa shape index (κ1) is 20.1. The Labute approximate surface area is 168 Å². The summed E-state index contributed by atoms with van der Waals surface area (Å²) in [5, 5.41) is 0. The summed E-state index contributed by atoms with van der Waals surface area (Å²) in [6.07, 6.45) is -0.330. The van der Waals surface area contributed by atoms with Crippen molar-refractivity contribution in [2.24, 2.45) is 5.41 Å². The molecule has 1 heterocycles. The summed E-state index contributed by atoms with van der Waals surface area (Å²) in [5.41, 5.74) is 0.391. The first-order valence-electron chi connectivity index (χ1n) is 9.81. The Bertz CT molecular complexity index is 857. The number of amides is 2. The molecule has 28 heavy (non-hydrogen) atoms. The van der Waals surface area contributed by atoms with Gasteiger partial charge in [-0.25, -0.2) is 0 Å². The lowest BCUT2D eigenvalue weighted by molar-refractivity contribution is -0.133. The molecule has 0 aliphatic carbocycles. The normalized spacial score (nSPS) is 23.8. The Kier molecular flexibility index (Phi) is 5.09. The van der Waals surface area contributed by atoms with Crippen LogP contribution in [0.1, 0.15) is 56.5 Å². The van der Waals surface area contributed by atoms with Crippen LogP contribution in [0.25, 0.3) is 0 Å². The molecule has 1 aliphatic heterocycles. The fourth-order valence-corrected chi connectivity index (χ4v) is 4.47. The second kappa shape index (κ2) is 7.08. The summed E-state index contributed by atoms with van der Waals surface area (Å²) < 4.78 is 0. The fraction of sp³-hybridized carbons (Fsp3) is 0.417. The number of hydrogen-bond donors (Lipinski definition) is 0. The maximum atomic E-state index is 13.7. The molecule has 4 heteroatoms. The van der Waals surface area contributed by atoms with Gasteiger partial charge in [-0.15, -0.1) is 0 Å². The minimum Gasteiger partial charge on any atom is -0.323 e. The third kappa shape index (κ3) is 3.11. The largest absolute Gasteiger partial charge is 0.323 e. The van der Waals surface area contributed by atoms with E-state index in [0.29, 0.717) is 5.56 Å². The lowest BCUT2D eigenvalue weighted by atomic mass is 9.79. The number of likely N-dealkylation sites (N-methyl/N-ethyl adjacent to an activating group) is 1. The number of carbonyl (C=O) groups is 2. The minimum atomic E-state index is -0.971. The van der Waals surface area contributed by atoms with Gasteiger partial charge in [0.05, 0.1) is 0 Å². The molecule has 0 aromatic heterocycles. The molecule has 4 nitrogen and oxygen atoms in total. The molecule has 0 saturated carbocycles. The van der Waals surface area contributed by atoms with Crippen molar-refractivity contribution in [3.63, 3.8) is 0 Å². The van der Waals surface area contributed by atoms with E-state index in [9.17, 15) is 9.59 Å². The van der Waals surface area contributed by atoms with E-state index in [2.05, 4.69) is 20.8 Å². The van der Waals surface area contributed by atoms with Crippen molar-refractivity contribution in [3.05, 3.63) is 71.8 Å². The van der Waals surface area contributed by atoms with Gasteiger partial charge in [-0.3, -0.25) is 9.59 Å². The third-order valence-electron chi connectivity index (χ3n) is 6.02. The predicted octanol–water partition coefficient (Wildman–Crippen LogP) is 4.54. The Morgan fingerprint density at radius 1 is 1.00 bits per heavy atom. The monoisotopic (exact) mass is 378 g/mol. The molecule has 0 bridgehead atoms. The standard InChI is InChI=1S/C24H30N2O2/c1-17(18-13-9-7-10-14-18)24(5)22(28)25(6)21(23(2,3)4)26(24)20(27)19-15-11-8-12-16-19/h7-17,21H,1-6H3/t17-,21-,24-/m0/s1. The number of rotatable bonds is 3. The van der Waals surface area contributed by atoms with E-state index in [0.717, 1.165) is 5.56 Å². The van der Waals surface area contributed by atoms with Gasteiger partial charge in [0.15, 0.2) is 0 Å². The van der Waals surface area contributed by atoms with Gasteiger partial charge < -0.3 is 9.80 Å². The van der Waals surface area contributed by atoms with Crippen molar-refractivity contribution in [1.29, 1.82) is 0 Å². The summed E-state index contributed by atoms with van der Waals surface area (Å²) in [6, 6.07) is 19.2. The molecule has 1 fully saturated rings. The summed E-state index contributed by atoms with van der Waals surface area (Å²) in [7, 11) is 1.81. The lowest BCUT2D eigenvalue weighted by Crippen LogP contribution is -2.57. The molecule has 2 amide bonds. The highest BCUT2D eigenvalue weighted by Gasteiger charge is 2.60. The quantitative estimate of drug-likeness (QED) is 0.787. The molecule has 2 aromatic carbocycles. The second-order valence-electron chi connectivity index (χ2n) is 8.98. The van der Waals surface area contributed by atoms with E-state index in [-0.39, 0.29) is 29.3 Å². The first-order valence-corrected chi connectivity index (χ1v) is 9.81. The van der Waals surface area contributed by atoms with Crippen molar-refractivity contribution in [3.8, 4) is 0 Å². The highest BCUT2D eigenvalue weighted by molar-refractivity contribution is 6.02. The van der Waals surface area contributed by atoms with Crippen molar-refractivity contribution in [1.82, 2.24) is 9.80 Å². The zero-order valence-electron chi connectivity index (χ0n) is 17.6. The van der Waals surface area contributed by atoms with Gasteiger partial charge in [0.1, 0.15) is 11.7 Å². The van der Waals surface area contributed by atoms with Gasteiger partial charge in [-0.1, -0.05) is 76.2 Å². The van der Waals surface area contributed by atoms with E-state index in [1.54, 1.807) is 4.90 Å². The summed E-state index contributed by atoms with van der Waals surface area (Å²) in [5.74, 6) is -0.278. The molecule has 2 aromatic rings. The van der Waals surface area contributed by atoms with E-state index >= 15 is 0 Å². The van der Waals surface area contributed by atoms with Crippen LogP contribution >= 0.6 is 0 Å². The predicted molar refractivity (Wildman–Crippen MR) is 112 cm³/mol. The van der Waals surface area contributed by atoms with Gasteiger partial charge in [0.2, 0.25) is 5.91 Å². The zero-order valence-corrected chi connectivity index (χ0v) is 17.6. The average Bonchev–Trinajstić information content (AvgIpc) is 2.90. The molecule has 0 N–H and O–H groups in total. The highest BCUT2D eigenvalue weighted by Crippen LogP contribution is 2.46. The highest BCUT2D eigenvalue weighted by atomic mass is 16.2. The smallest absolute Gasteiger partial charge is 0.256 e. The van der Waals surface area contributed by atoms with Crippen LogP contribution in [-0.4, -0.2) is 40.4 Å². The van der Waals surface area contributed by atoms with E-state index in [1.807, 2.05) is 86.5 Å². The minimum absolute atomic E-state index is 0.0203. The molecule has 0 spiro atoms. The molecule has 0 radical (unpaired) electrons. The van der Waals surface area contributed by atoms with E-state index in [1.165, 1.54) is 0 Å². The molecular formula is C24H30N2O2. The lowest BCUT2D eigenvalue weighted by Gasteiger charge is -2.44. The van der Waals surface area contributed by atoms with Crippen LogP contribution in [0.5, 0.6) is 0 Å². The van der Waals surface area contributed by atoms with Crippen LogP contribution < -0.4 is 0 Å². The van der Waals surface area contributed by atoms with Crippen LogP contribution in [0.4, 0.5) is 0 Å². The van der Waals surface area contributed by atoms with Crippen LogP contribution in [0.2, 0.25) is 0 Å². The molecule has 3 atom stereocenters. The molecule has 1 saturated heterocycles. The van der Waals surface area contributed by atoms with E-state index < -0.39 is 5.54 Å². The number of hydrogen-bond acceptors (Lipinski definition) is 2. The third-order valence-corrected chi connectivity index (χ3v) is 6.02. The van der Waals surface area contributed by atoms with Crippen molar-refractivity contribution in [2.75, 3.05) is 7.05 Å². The summed E-state index contributed by atoms with van der Waals surface area (Å²) in [4.78, 5) is 30.8. The molecular weight excluding hydrogens is 348 g/mol. The molecule has 1 aliphatic rings. The molecule has 3 rings (SSSR count). The summed E-state index contributed by atoms with van der Waals surface area (Å²) >= 11 is 0. The van der Waals surface area contributed by atoms with Crippen LogP contribution in [0.15, 0.2) is 60.7 Å². The number of benzene rings is 2. The van der Waals surface area contributed by atoms with Crippen LogP contribution in [0, 0.1) is 5.41 Å². The van der Waals surface area contributed by atoms with Gasteiger partial charge in [0, 0.05) is 23.9 Å². The van der Waals surface area contributed by atoms with Crippen LogP contribution in [-0.2, 0) is 4.79 Å². The van der Waals surface area contributed by atoms with Gasteiger partial charge in [0.25, 0.3) is 5.91 Å². The van der Waals surface area contributed by atoms with Crippen molar-refractivity contribution < 1.29 is 9.59 Å². The molecule has 0 unspecified atom stereocenters. The zero-order chi connectivity index (χ0) is 20.7. The topological polar surface area (TPSA) is 40.6 Å². The van der Waals surface area contributed by atoms with Gasteiger partial charge >= 0.3 is 0 Å². The van der Waals surface area contributed by atoms with Crippen molar-refractivity contribution in [2.45, 2.75) is 52.2 Å². The van der Waals surface area contributed by atoms with E-state index in [4.69, 9.17) is 0 Å². The Balaban J connectivity index is 2.18. The summed E-state index contributed by atoms with van der Waals surface area (Å²) in [6.45, 7) is 10.2. The van der Waals surface area contributed by atoms with Gasteiger partial charge in [-0.2, -0.15) is 0 Å². The average molecular weight is 379 g/mol. The van der Waals surface area contributed by atoms with Crippen LogP contribution in [0.3, 0.4) is 0 Å². The SMILES string of the molecule is C[C@@H](c1ccccc1)[C@@]1(C)C(=O)N(C)[C@H](C(C)(C)C)N1C(=O)c1ccccc1.